The predicted octanol–water partition coefficient (Wildman–Crippen LogP) is 4.31. The number of hydrogen-bond donors (Lipinski definition) is 0. The van der Waals surface area contributed by atoms with Gasteiger partial charge in [-0.1, -0.05) is 17.3 Å². The molecule has 0 fully saturated rings. The van der Waals surface area contributed by atoms with Crippen molar-refractivity contribution < 1.29 is 13.6 Å². The molecular weight excluding hydrogens is 260 g/mol. The summed E-state index contributed by atoms with van der Waals surface area (Å²) in [7, 11) is 1.41. The average molecular weight is 275 g/mol. The maximum absolute atomic E-state index is 14.1. The van der Waals surface area contributed by atoms with Gasteiger partial charge in [-0.25, -0.2) is 8.78 Å². The van der Waals surface area contributed by atoms with Gasteiger partial charge in [0.2, 0.25) is 0 Å². The molecule has 20 heavy (non-hydrogen) atoms. The molecule has 0 aromatic heterocycles. The van der Waals surface area contributed by atoms with Crippen molar-refractivity contribution in [1.29, 1.82) is 0 Å². The Morgan fingerprint density at radius 3 is 2.50 bits per heavy atom. The molecule has 0 aliphatic heterocycles. The Balaban J connectivity index is 2.48. The first kappa shape index (κ1) is 14.2. The molecule has 0 atom stereocenters. The molecule has 0 heterocycles. The molecule has 0 saturated heterocycles. The fourth-order valence-corrected chi connectivity index (χ4v) is 2.07. The molecule has 0 spiro atoms. The minimum atomic E-state index is -0.413. The number of halogens is 2. The van der Waals surface area contributed by atoms with E-state index >= 15 is 0 Å². The standard InChI is InChI=1S/C16H15F2NO/c1-10-4-6-13(17)9-15(10)12-5-7-14(16(18)8-12)11(2)19-20-3/h4-9H,1-3H3/b19-11+. The quantitative estimate of drug-likeness (QED) is 0.604. The van der Waals surface area contributed by atoms with Gasteiger partial charge in [-0.15, -0.1) is 0 Å². The van der Waals surface area contributed by atoms with Crippen LogP contribution in [0.1, 0.15) is 18.1 Å². The SMILES string of the molecule is CO/N=C(\C)c1ccc(-c2cc(F)ccc2C)cc1F. The van der Waals surface area contributed by atoms with Gasteiger partial charge in [0.25, 0.3) is 0 Å². The third-order valence-electron chi connectivity index (χ3n) is 3.10. The lowest BCUT2D eigenvalue weighted by Crippen LogP contribution is -2.00. The second-order valence-corrected chi connectivity index (χ2v) is 4.51. The van der Waals surface area contributed by atoms with E-state index in [4.69, 9.17) is 0 Å². The van der Waals surface area contributed by atoms with E-state index in [-0.39, 0.29) is 5.82 Å². The average Bonchev–Trinajstić information content (AvgIpc) is 2.41. The molecule has 0 amide bonds. The van der Waals surface area contributed by atoms with Crippen LogP contribution in [0.4, 0.5) is 8.78 Å². The van der Waals surface area contributed by atoms with Gasteiger partial charge in [0.05, 0.1) is 5.71 Å². The molecule has 2 aromatic rings. The lowest BCUT2D eigenvalue weighted by molar-refractivity contribution is 0.213. The van der Waals surface area contributed by atoms with E-state index in [1.54, 1.807) is 25.1 Å². The van der Waals surface area contributed by atoms with Crippen LogP contribution in [0.3, 0.4) is 0 Å². The summed E-state index contributed by atoms with van der Waals surface area (Å²) in [5, 5.41) is 3.71. The highest BCUT2D eigenvalue weighted by molar-refractivity contribution is 5.99. The fourth-order valence-electron chi connectivity index (χ4n) is 2.07. The summed E-state index contributed by atoms with van der Waals surface area (Å²) < 4.78 is 27.4. The Morgan fingerprint density at radius 1 is 1.10 bits per heavy atom. The van der Waals surface area contributed by atoms with E-state index in [1.165, 1.54) is 25.3 Å². The normalized spacial score (nSPS) is 11.6. The summed E-state index contributed by atoms with van der Waals surface area (Å²) in [6.07, 6.45) is 0. The summed E-state index contributed by atoms with van der Waals surface area (Å²) in [4.78, 5) is 4.63. The molecule has 2 aromatic carbocycles. The van der Waals surface area contributed by atoms with Crippen molar-refractivity contribution in [3.05, 3.63) is 59.2 Å². The second-order valence-electron chi connectivity index (χ2n) is 4.51. The van der Waals surface area contributed by atoms with Gasteiger partial charge in [-0.05, 0) is 54.8 Å². The van der Waals surface area contributed by atoms with Crippen LogP contribution in [-0.2, 0) is 4.84 Å². The zero-order valence-corrected chi connectivity index (χ0v) is 11.6. The molecule has 0 aliphatic rings. The topological polar surface area (TPSA) is 21.6 Å². The van der Waals surface area contributed by atoms with Crippen LogP contribution in [0.5, 0.6) is 0 Å². The smallest absolute Gasteiger partial charge is 0.132 e. The van der Waals surface area contributed by atoms with Crippen LogP contribution in [-0.4, -0.2) is 12.8 Å². The summed E-state index contributed by atoms with van der Waals surface area (Å²) in [6, 6.07) is 9.21. The maximum Gasteiger partial charge on any atom is 0.132 e. The number of nitrogens with zero attached hydrogens (tertiary/aromatic N) is 1. The number of rotatable bonds is 3. The zero-order chi connectivity index (χ0) is 14.7. The van der Waals surface area contributed by atoms with Gasteiger partial charge in [0, 0.05) is 5.56 Å². The van der Waals surface area contributed by atoms with Crippen LogP contribution in [0.2, 0.25) is 0 Å². The highest BCUT2D eigenvalue weighted by Gasteiger charge is 2.10. The fraction of sp³-hybridized carbons (Fsp3) is 0.188. The number of oxime groups is 1. The van der Waals surface area contributed by atoms with E-state index in [0.717, 1.165) is 5.56 Å². The zero-order valence-electron chi connectivity index (χ0n) is 11.6. The van der Waals surface area contributed by atoms with E-state index in [0.29, 0.717) is 22.4 Å². The first-order chi connectivity index (χ1) is 9.52. The predicted molar refractivity (Wildman–Crippen MR) is 75.8 cm³/mol. The Labute approximate surface area is 116 Å². The van der Waals surface area contributed by atoms with Crippen LogP contribution >= 0.6 is 0 Å². The Kier molecular flexibility index (Phi) is 4.13. The van der Waals surface area contributed by atoms with Crippen molar-refractivity contribution >= 4 is 5.71 Å². The summed E-state index contributed by atoms with van der Waals surface area (Å²) >= 11 is 0. The van der Waals surface area contributed by atoms with Crippen molar-refractivity contribution in [2.24, 2.45) is 5.16 Å². The van der Waals surface area contributed by atoms with Gasteiger partial charge in [-0.2, -0.15) is 0 Å². The van der Waals surface area contributed by atoms with E-state index in [1.807, 2.05) is 6.92 Å². The Morgan fingerprint density at radius 2 is 1.85 bits per heavy atom. The number of benzene rings is 2. The van der Waals surface area contributed by atoms with Crippen molar-refractivity contribution in [3.63, 3.8) is 0 Å². The molecule has 2 nitrogen and oxygen atoms in total. The molecule has 0 unspecified atom stereocenters. The minimum Gasteiger partial charge on any atom is -0.399 e. The van der Waals surface area contributed by atoms with Gasteiger partial charge in [-0.3, -0.25) is 0 Å². The van der Waals surface area contributed by atoms with E-state index < -0.39 is 5.82 Å². The maximum atomic E-state index is 14.1. The lowest BCUT2D eigenvalue weighted by atomic mass is 9.98. The third kappa shape index (κ3) is 2.85. The summed E-state index contributed by atoms with van der Waals surface area (Å²) in [5.41, 5.74) is 3.02. The summed E-state index contributed by atoms with van der Waals surface area (Å²) in [5.74, 6) is -0.753. The van der Waals surface area contributed by atoms with Crippen LogP contribution in [0.15, 0.2) is 41.6 Å². The monoisotopic (exact) mass is 275 g/mol. The van der Waals surface area contributed by atoms with Crippen molar-refractivity contribution in [2.45, 2.75) is 13.8 Å². The first-order valence-electron chi connectivity index (χ1n) is 6.17. The molecule has 0 bridgehead atoms. The molecule has 0 saturated carbocycles. The van der Waals surface area contributed by atoms with Crippen LogP contribution in [0.25, 0.3) is 11.1 Å². The molecule has 0 radical (unpaired) electrons. The van der Waals surface area contributed by atoms with E-state index in [9.17, 15) is 8.78 Å². The van der Waals surface area contributed by atoms with Crippen LogP contribution < -0.4 is 0 Å². The minimum absolute atomic E-state index is 0.341. The molecule has 2 rings (SSSR count). The van der Waals surface area contributed by atoms with Gasteiger partial charge in [0.15, 0.2) is 0 Å². The Bertz CT molecular complexity index is 666. The first-order valence-corrected chi connectivity index (χ1v) is 6.17. The van der Waals surface area contributed by atoms with Gasteiger partial charge >= 0.3 is 0 Å². The van der Waals surface area contributed by atoms with Crippen molar-refractivity contribution in [2.75, 3.05) is 7.11 Å². The van der Waals surface area contributed by atoms with Gasteiger partial charge in [0.1, 0.15) is 18.7 Å². The van der Waals surface area contributed by atoms with Crippen molar-refractivity contribution in [3.8, 4) is 11.1 Å². The lowest BCUT2D eigenvalue weighted by Gasteiger charge is -2.09. The third-order valence-corrected chi connectivity index (χ3v) is 3.10. The summed E-state index contributed by atoms with van der Waals surface area (Å²) in [6.45, 7) is 3.52. The Hall–Kier alpha value is -2.23. The molecule has 4 heteroatoms. The second kappa shape index (κ2) is 5.82. The highest BCUT2D eigenvalue weighted by Crippen LogP contribution is 2.26. The number of aryl methyl sites for hydroxylation is 1. The van der Waals surface area contributed by atoms with E-state index in [2.05, 4.69) is 9.99 Å². The van der Waals surface area contributed by atoms with Crippen LogP contribution in [0, 0.1) is 18.6 Å². The molecule has 104 valence electrons. The molecular formula is C16H15F2NO. The largest absolute Gasteiger partial charge is 0.399 e. The van der Waals surface area contributed by atoms with Gasteiger partial charge < -0.3 is 4.84 Å². The molecule has 0 N–H and O–H groups in total. The number of hydrogen-bond acceptors (Lipinski definition) is 2. The highest BCUT2D eigenvalue weighted by atomic mass is 19.1. The molecule has 0 aliphatic carbocycles. The van der Waals surface area contributed by atoms with Crippen molar-refractivity contribution in [1.82, 2.24) is 0 Å².